The zero-order valence-corrected chi connectivity index (χ0v) is 16.9. The molecule has 1 aromatic heterocycles. The third-order valence-electron chi connectivity index (χ3n) is 3.88. The molecule has 0 atom stereocenters. The van der Waals surface area contributed by atoms with Crippen LogP contribution in [0.1, 0.15) is 5.56 Å². The van der Waals surface area contributed by atoms with Crippen LogP contribution in [-0.2, 0) is 6.61 Å². The van der Waals surface area contributed by atoms with E-state index in [1.165, 1.54) is 0 Å². The van der Waals surface area contributed by atoms with Crippen molar-refractivity contribution in [1.29, 1.82) is 0 Å². The summed E-state index contributed by atoms with van der Waals surface area (Å²) in [5, 5.41) is 1.18. The van der Waals surface area contributed by atoms with E-state index in [0.717, 1.165) is 22.6 Å². The lowest BCUT2D eigenvalue weighted by molar-refractivity contribution is 0.306. The van der Waals surface area contributed by atoms with Gasteiger partial charge in [0.15, 0.2) is 5.96 Å². The molecule has 0 aliphatic rings. The number of guanidine groups is 1. The number of aliphatic imine (C=N–C) groups is 1. The molecule has 144 valence electrons. The zero-order valence-electron chi connectivity index (χ0n) is 15.4. The molecule has 0 bridgehead atoms. The van der Waals surface area contributed by atoms with E-state index in [0.29, 0.717) is 28.6 Å². The Kier molecular flexibility index (Phi) is 6.34. The highest BCUT2D eigenvalue weighted by atomic mass is 35.5. The molecule has 0 saturated heterocycles. The highest BCUT2D eigenvalue weighted by Crippen LogP contribution is 2.25. The minimum atomic E-state index is 0.307. The second kappa shape index (κ2) is 8.91. The molecule has 0 aliphatic heterocycles. The lowest BCUT2D eigenvalue weighted by atomic mass is 10.1. The van der Waals surface area contributed by atoms with Crippen LogP contribution >= 0.6 is 23.2 Å². The van der Waals surface area contributed by atoms with E-state index in [-0.39, 0.29) is 0 Å². The fourth-order valence-corrected chi connectivity index (χ4v) is 2.75. The highest BCUT2D eigenvalue weighted by molar-refractivity contribution is 6.35. The Morgan fingerprint density at radius 3 is 2.54 bits per heavy atom. The molecular formula is C20H19Cl2N5O. The number of rotatable bonds is 5. The quantitative estimate of drug-likeness (QED) is 0.488. The number of aromatic nitrogens is 2. The van der Waals surface area contributed by atoms with Gasteiger partial charge < -0.3 is 15.4 Å². The summed E-state index contributed by atoms with van der Waals surface area (Å²) < 4.78 is 5.80. The van der Waals surface area contributed by atoms with E-state index >= 15 is 0 Å². The topological polar surface area (TPSA) is 76.6 Å². The van der Waals surface area contributed by atoms with E-state index in [4.69, 9.17) is 33.7 Å². The molecule has 2 aromatic carbocycles. The van der Waals surface area contributed by atoms with Gasteiger partial charge in [-0.25, -0.2) is 9.97 Å². The second-order valence-electron chi connectivity index (χ2n) is 6.16. The van der Waals surface area contributed by atoms with Crippen LogP contribution in [0.4, 0.5) is 5.95 Å². The molecule has 0 amide bonds. The normalized spacial score (nSPS) is 11.4. The second-order valence-corrected chi connectivity index (χ2v) is 7.00. The van der Waals surface area contributed by atoms with E-state index < -0.39 is 0 Å². The average molecular weight is 416 g/mol. The van der Waals surface area contributed by atoms with Gasteiger partial charge >= 0.3 is 0 Å². The van der Waals surface area contributed by atoms with Gasteiger partial charge in [-0.15, -0.1) is 0 Å². The third-order valence-corrected chi connectivity index (χ3v) is 4.46. The fourth-order valence-electron chi connectivity index (χ4n) is 2.29. The minimum Gasteiger partial charge on any atom is -0.489 e. The number of nitrogens with zero attached hydrogens (tertiary/aromatic N) is 4. The Bertz CT molecular complexity index is 990. The molecule has 0 spiro atoms. The molecule has 0 unspecified atom stereocenters. The highest BCUT2D eigenvalue weighted by Gasteiger charge is 2.06. The lowest BCUT2D eigenvalue weighted by Gasteiger charge is -2.10. The fraction of sp³-hybridized carbons (Fsp3) is 0.150. The van der Waals surface area contributed by atoms with Crippen molar-refractivity contribution in [2.45, 2.75) is 6.61 Å². The summed E-state index contributed by atoms with van der Waals surface area (Å²) in [6, 6.07) is 14.7. The predicted molar refractivity (Wildman–Crippen MR) is 113 cm³/mol. The SMILES string of the molecule is CN(C)/C(N)=N\c1nccc(-c2ccc(OCc3ccc(Cl)cc3Cl)cc2)n1. The van der Waals surface area contributed by atoms with Gasteiger partial charge in [0.25, 0.3) is 5.95 Å². The molecule has 3 rings (SSSR count). The van der Waals surface area contributed by atoms with Crippen LogP contribution in [0.25, 0.3) is 11.3 Å². The molecule has 0 aliphatic carbocycles. The molecule has 1 heterocycles. The minimum absolute atomic E-state index is 0.307. The maximum absolute atomic E-state index is 6.17. The number of halogens is 2. The Labute approximate surface area is 173 Å². The maximum Gasteiger partial charge on any atom is 0.253 e. The van der Waals surface area contributed by atoms with E-state index in [1.807, 2.05) is 36.4 Å². The predicted octanol–water partition coefficient (Wildman–Crippen LogP) is 4.54. The van der Waals surface area contributed by atoms with Crippen LogP contribution in [0, 0.1) is 0 Å². The molecule has 8 heteroatoms. The van der Waals surface area contributed by atoms with Gasteiger partial charge in [-0.2, -0.15) is 4.99 Å². The van der Waals surface area contributed by atoms with Crippen LogP contribution in [0.3, 0.4) is 0 Å². The van der Waals surface area contributed by atoms with Gasteiger partial charge in [0.2, 0.25) is 0 Å². The smallest absolute Gasteiger partial charge is 0.253 e. The van der Waals surface area contributed by atoms with Crippen LogP contribution in [0.2, 0.25) is 10.0 Å². The van der Waals surface area contributed by atoms with Crippen molar-refractivity contribution in [3.8, 4) is 17.0 Å². The maximum atomic E-state index is 6.17. The van der Waals surface area contributed by atoms with Gasteiger partial charge in [0.1, 0.15) is 12.4 Å². The summed E-state index contributed by atoms with van der Waals surface area (Å²) in [6.07, 6.45) is 1.65. The van der Waals surface area contributed by atoms with E-state index in [2.05, 4.69) is 15.0 Å². The van der Waals surface area contributed by atoms with Gasteiger partial charge in [-0.3, -0.25) is 0 Å². The monoisotopic (exact) mass is 415 g/mol. The molecule has 3 aromatic rings. The van der Waals surface area contributed by atoms with Crippen molar-refractivity contribution >= 4 is 35.1 Å². The molecule has 0 fully saturated rings. The van der Waals surface area contributed by atoms with Crippen molar-refractivity contribution < 1.29 is 4.74 Å². The Morgan fingerprint density at radius 1 is 1.11 bits per heavy atom. The first kappa shape index (κ1) is 19.9. The van der Waals surface area contributed by atoms with Crippen molar-refractivity contribution in [2.75, 3.05) is 14.1 Å². The van der Waals surface area contributed by atoms with E-state index in [1.54, 1.807) is 37.3 Å². The largest absolute Gasteiger partial charge is 0.489 e. The molecule has 2 N–H and O–H groups in total. The standard InChI is InChI=1S/C20H19Cl2N5O/c1-27(2)19(23)26-20-24-10-9-18(25-20)13-4-7-16(8-5-13)28-12-14-3-6-15(21)11-17(14)22/h3-11H,12H2,1-2H3,(H2,23,24,25,26). The zero-order chi connectivity index (χ0) is 20.1. The molecule has 6 nitrogen and oxygen atoms in total. The molecular weight excluding hydrogens is 397 g/mol. The summed E-state index contributed by atoms with van der Waals surface area (Å²) in [4.78, 5) is 14.4. The van der Waals surface area contributed by atoms with Crippen molar-refractivity contribution in [3.63, 3.8) is 0 Å². The van der Waals surface area contributed by atoms with Crippen LogP contribution in [-0.4, -0.2) is 34.9 Å². The Hall–Kier alpha value is -2.83. The summed E-state index contributed by atoms with van der Waals surface area (Å²) in [6.45, 7) is 0.353. The van der Waals surface area contributed by atoms with Gasteiger partial charge in [-0.1, -0.05) is 29.3 Å². The van der Waals surface area contributed by atoms with Crippen molar-refractivity contribution in [3.05, 3.63) is 70.3 Å². The van der Waals surface area contributed by atoms with Crippen LogP contribution in [0.15, 0.2) is 59.7 Å². The van der Waals surface area contributed by atoms with Gasteiger partial charge in [-0.05, 0) is 42.5 Å². The van der Waals surface area contributed by atoms with Gasteiger partial charge in [0.05, 0.1) is 5.69 Å². The van der Waals surface area contributed by atoms with Crippen LogP contribution < -0.4 is 10.5 Å². The lowest BCUT2D eigenvalue weighted by Crippen LogP contribution is -2.29. The number of hydrogen-bond acceptors (Lipinski definition) is 4. The average Bonchev–Trinajstić information content (AvgIpc) is 2.68. The third kappa shape index (κ3) is 5.12. The molecule has 0 saturated carbocycles. The Morgan fingerprint density at radius 2 is 1.86 bits per heavy atom. The molecule has 28 heavy (non-hydrogen) atoms. The van der Waals surface area contributed by atoms with Gasteiger partial charge in [0, 0.05) is 41.5 Å². The van der Waals surface area contributed by atoms with Crippen molar-refractivity contribution in [2.24, 2.45) is 10.7 Å². The summed E-state index contributed by atoms with van der Waals surface area (Å²) >= 11 is 12.1. The molecule has 0 radical (unpaired) electrons. The van der Waals surface area contributed by atoms with E-state index in [9.17, 15) is 0 Å². The number of nitrogens with two attached hydrogens (primary N) is 1. The van der Waals surface area contributed by atoms with Crippen molar-refractivity contribution in [1.82, 2.24) is 14.9 Å². The summed E-state index contributed by atoms with van der Waals surface area (Å²) in [7, 11) is 3.61. The number of hydrogen-bond donors (Lipinski definition) is 1. The van der Waals surface area contributed by atoms with Crippen LogP contribution in [0.5, 0.6) is 5.75 Å². The summed E-state index contributed by atoms with van der Waals surface area (Å²) in [5.41, 5.74) is 8.35. The first-order valence-corrected chi connectivity index (χ1v) is 9.19. The number of ether oxygens (including phenoxy) is 1. The first-order valence-electron chi connectivity index (χ1n) is 8.44. The number of benzene rings is 2. The summed E-state index contributed by atoms with van der Waals surface area (Å²) in [5.74, 6) is 1.36. The first-order chi connectivity index (χ1) is 13.4. The Balaban J connectivity index is 1.71.